The Bertz CT molecular complexity index is 474. The predicted molar refractivity (Wildman–Crippen MR) is 98.7 cm³/mol. The van der Waals surface area contributed by atoms with E-state index in [1.54, 1.807) is 11.8 Å². The van der Waals surface area contributed by atoms with Gasteiger partial charge in [0.2, 0.25) is 0 Å². The number of nitrogens with zero attached hydrogens (tertiary/aromatic N) is 1. The van der Waals surface area contributed by atoms with Crippen molar-refractivity contribution in [3.05, 3.63) is 24.3 Å². The van der Waals surface area contributed by atoms with Crippen LogP contribution in [0.5, 0.6) is 11.5 Å². The van der Waals surface area contributed by atoms with Crippen LogP contribution in [-0.4, -0.2) is 35.1 Å². The summed E-state index contributed by atoms with van der Waals surface area (Å²) in [6, 6.07) is 7.92. The second kappa shape index (κ2) is 9.36. The molecule has 1 aliphatic heterocycles. The van der Waals surface area contributed by atoms with Gasteiger partial charge in [0.25, 0.3) is 0 Å². The number of hydrogen-bond donors (Lipinski definition) is 0. The molecule has 22 heavy (non-hydrogen) atoms. The predicted octanol–water partition coefficient (Wildman–Crippen LogP) is 4.71. The van der Waals surface area contributed by atoms with E-state index < -0.39 is 0 Å². The molecule has 0 fully saturated rings. The number of ether oxygens (including phenoxy) is 2. The first-order valence-electron chi connectivity index (χ1n) is 7.83. The Labute approximate surface area is 142 Å². The van der Waals surface area contributed by atoms with E-state index in [2.05, 4.69) is 25.8 Å². The monoisotopic (exact) mass is 339 g/mol. The molecule has 0 N–H and O–H groups in total. The van der Waals surface area contributed by atoms with Crippen molar-refractivity contribution in [2.75, 3.05) is 24.7 Å². The van der Waals surface area contributed by atoms with Gasteiger partial charge in [-0.3, -0.25) is 4.99 Å². The smallest absolute Gasteiger partial charge is 0.124 e. The molecule has 0 spiro atoms. The van der Waals surface area contributed by atoms with Crippen LogP contribution < -0.4 is 9.47 Å². The summed E-state index contributed by atoms with van der Waals surface area (Å²) in [6.45, 7) is 8.21. The minimum atomic E-state index is 0.243. The summed E-state index contributed by atoms with van der Waals surface area (Å²) >= 11 is 3.62. The van der Waals surface area contributed by atoms with Crippen molar-refractivity contribution in [3.63, 3.8) is 0 Å². The Balaban J connectivity index is 1.67. The Morgan fingerprint density at radius 2 is 1.91 bits per heavy atom. The van der Waals surface area contributed by atoms with Gasteiger partial charge in [0.15, 0.2) is 0 Å². The molecule has 3 nitrogen and oxygen atoms in total. The van der Waals surface area contributed by atoms with Crippen LogP contribution in [0.1, 0.15) is 27.2 Å². The molecular weight excluding hydrogens is 314 g/mol. The fraction of sp³-hybridized carbons (Fsp3) is 0.588. The quantitative estimate of drug-likeness (QED) is 0.642. The Hall–Kier alpha value is -0.810. The maximum Gasteiger partial charge on any atom is 0.124 e. The van der Waals surface area contributed by atoms with Crippen molar-refractivity contribution in [2.24, 2.45) is 10.9 Å². The average Bonchev–Trinajstić information content (AvgIpc) is 2.97. The summed E-state index contributed by atoms with van der Waals surface area (Å²) in [5.41, 5.74) is 0. The van der Waals surface area contributed by atoms with E-state index in [0.29, 0.717) is 12.5 Å². The molecule has 0 saturated carbocycles. The Morgan fingerprint density at radius 3 is 2.55 bits per heavy atom. The summed E-state index contributed by atoms with van der Waals surface area (Å²) < 4.78 is 12.8. The first-order chi connectivity index (χ1) is 10.6. The SMILES string of the molecule is CC(C)CC(C)Oc1ccc(OCCSC2=NCCS2)cc1. The molecule has 5 heteroatoms. The number of hydrogen-bond acceptors (Lipinski definition) is 5. The normalized spacial score (nSPS) is 15.7. The topological polar surface area (TPSA) is 30.8 Å². The third kappa shape index (κ3) is 6.53. The zero-order chi connectivity index (χ0) is 15.8. The van der Waals surface area contributed by atoms with Crippen LogP contribution in [0.25, 0.3) is 0 Å². The molecule has 1 aliphatic rings. The number of thioether (sulfide) groups is 2. The molecule has 0 saturated heterocycles. The highest BCUT2D eigenvalue weighted by molar-refractivity contribution is 8.39. The summed E-state index contributed by atoms with van der Waals surface area (Å²) in [5, 5.41) is 0. The Morgan fingerprint density at radius 1 is 1.18 bits per heavy atom. The van der Waals surface area contributed by atoms with E-state index in [0.717, 1.165) is 36.0 Å². The molecule has 1 aromatic carbocycles. The Kier molecular flexibility index (Phi) is 7.46. The second-order valence-corrected chi connectivity index (χ2v) is 8.15. The lowest BCUT2D eigenvalue weighted by molar-refractivity contribution is 0.193. The maximum absolute atomic E-state index is 5.90. The van der Waals surface area contributed by atoms with E-state index in [-0.39, 0.29) is 6.10 Å². The first kappa shape index (κ1) is 17.5. The summed E-state index contributed by atoms with van der Waals surface area (Å²) in [7, 11) is 0. The fourth-order valence-electron chi connectivity index (χ4n) is 2.25. The summed E-state index contributed by atoms with van der Waals surface area (Å²) in [4.78, 5) is 4.41. The molecule has 1 unspecified atom stereocenters. The number of benzene rings is 1. The molecular formula is C17H25NO2S2. The van der Waals surface area contributed by atoms with Crippen molar-refractivity contribution in [2.45, 2.75) is 33.3 Å². The average molecular weight is 340 g/mol. The van der Waals surface area contributed by atoms with Gasteiger partial charge in [-0.1, -0.05) is 37.4 Å². The van der Waals surface area contributed by atoms with E-state index in [1.807, 2.05) is 36.0 Å². The van der Waals surface area contributed by atoms with Crippen LogP contribution >= 0.6 is 23.5 Å². The van der Waals surface area contributed by atoms with Crippen molar-refractivity contribution in [1.82, 2.24) is 0 Å². The van der Waals surface area contributed by atoms with E-state index in [4.69, 9.17) is 9.47 Å². The third-order valence-corrected chi connectivity index (χ3v) is 5.32. The highest BCUT2D eigenvalue weighted by Gasteiger charge is 2.08. The highest BCUT2D eigenvalue weighted by Crippen LogP contribution is 2.23. The second-order valence-electron chi connectivity index (χ2n) is 5.72. The lowest BCUT2D eigenvalue weighted by atomic mass is 10.1. The standard InChI is InChI=1S/C17H25NO2S2/c1-13(2)12-14(3)20-16-6-4-15(5-7-16)19-9-11-22-17-18-8-10-21-17/h4-7,13-14H,8-12H2,1-3H3. The van der Waals surface area contributed by atoms with Gasteiger partial charge in [0.05, 0.1) is 19.3 Å². The molecule has 1 heterocycles. The first-order valence-corrected chi connectivity index (χ1v) is 9.80. The molecule has 0 aromatic heterocycles. The molecule has 2 rings (SSSR count). The van der Waals surface area contributed by atoms with Crippen molar-refractivity contribution >= 4 is 27.9 Å². The fourth-order valence-corrected chi connectivity index (χ4v) is 4.15. The van der Waals surface area contributed by atoms with Gasteiger partial charge in [-0.2, -0.15) is 0 Å². The largest absolute Gasteiger partial charge is 0.493 e. The molecule has 0 bridgehead atoms. The van der Waals surface area contributed by atoms with Gasteiger partial charge in [0, 0.05) is 11.5 Å². The zero-order valence-corrected chi connectivity index (χ0v) is 15.2. The van der Waals surface area contributed by atoms with Gasteiger partial charge in [0.1, 0.15) is 15.9 Å². The zero-order valence-electron chi connectivity index (χ0n) is 13.6. The van der Waals surface area contributed by atoms with Gasteiger partial charge < -0.3 is 9.47 Å². The highest BCUT2D eigenvalue weighted by atomic mass is 32.2. The lowest BCUT2D eigenvalue weighted by Crippen LogP contribution is -2.14. The van der Waals surface area contributed by atoms with Crippen molar-refractivity contribution in [1.29, 1.82) is 0 Å². The van der Waals surface area contributed by atoms with Gasteiger partial charge in [-0.25, -0.2) is 0 Å². The summed E-state index contributed by atoms with van der Waals surface area (Å²) in [5.74, 6) is 4.52. The van der Waals surface area contributed by atoms with Gasteiger partial charge >= 0.3 is 0 Å². The van der Waals surface area contributed by atoms with Crippen molar-refractivity contribution < 1.29 is 9.47 Å². The minimum Gasteiger partial charge on any atom is -0.493 e. The van der Waals surface area contributed by atoms with Gasteiger partial charge in [-0.15, -0.1) is 0 Å². The number of rotatable bonds is 8. The van der Waals surface area contributed by atoms with E-state index in [1.165, 1.54) is 4.38 Å². The maximum atomic E-state index is 5.90. The van der Waals surface area contributed by atoms with Crippen LogP contribution in [0.2, 0.25) is 0 Å². The van der Waals surface area contributed by atoms with Crippen LogP contribution in [0.15, 0.2) is 29.3 Å². The number of aliphatic imine (C=N–C) groups is 1. The molecule has 1 atom stereocenters. The van der Waals surface area contributed by atoms with Crippen LogP contribution in [-0.2, 0) is 0 Å². The molecule has 0 aliphatic carbocycles. The third-order valence-electron chi connectivity index (χ3n) is 3.10. The minimum absolute atomic E-state index is 0.243. The molecule has 0 radical (unpaired) electrons. The van der Waals surface area contributed by atoms with Crippen LogP contribution in [0, 0.1) is 5.92 Å². The molecule has 0 amide bonds. The van der Waals surface area contributed by atoms with Gasteiger partial charge in [-0.05, 0) is 43.5 Å². The lowest BCUT2D eigenvalue weighted by Gasteiger charge is -2.16. The molecule has 122 valence electrons. The molecule has 1 aromatic rings. The summed E-state index contributed by atoms with van der Waals surface area (Å²) in [6.07, 6.45) is 1.31. The van der Waals surface area contributed by atoms with Crippen LogP contribution in [0.3, 0.4) is 0 Å². The van der Waals surface area contributed by atoms with E-state index >= 15 is 0 Å². The van der Waals surface area contributed by atoms with Crippen molar-refractivity contribution in [3.8, 4) is 11.5 Å². The van der Waals surface area contributed by atoms with E-state index in [9.17, 15) is 0 Å². The van der Waals surface area contributed by atoms with Crippen LogP contribution in [0.4, 0.5) is 0 Å².